The molecule has 0 saturated carbocycles. The molecule has 5 heteroatoms. The Hall–Kier alpha value is -2.68. The van der Waals surface area contributed by atoms with Gasteiger partial charge in [-0.05, 0) is 57.6 Å². The fraction of sp³-hybridized carbons (Fsp3) is 0.269. The lowest BCUT2D eigenvalue weighted by Gasteiger charge is -2.35. The summed E-state index contributed by atoms with van der Waals surface area (Å²) < 4.78 is 23.1. The highest BCUT2D eigenvalue weighted by Gasteiger charge is 2.39. The van der Waals surface area contributed by atoms with Crippen LogP contribution in [0.2, 0.25) is 0 Å². The first-order chi connectivity index (χ1) is 14.8. The van der Waals surface area contributed by atoms with Crippen LogP contribution >= 0.6 is 7.29 Å². The second-order valence-corrected chi connectivity index (χ2v) is 11.4. The third-order valence-corrected chi connectivity index (χ3v) is 9.10. The summed E-state index contributed by atoms with van der Waals surface area (Å²) in [6, 6.07) is 27.7. The summed E-state index contributed by atoms with van der Waals surface area (Å²) in [5.74, 6) is 0.567. The molecular formula is C26H29N2O2P. The fourth-order valence-corrected chi connectivity index (χ4v) is 6.92. The molecule has 1 heterocycles. The molecule has 1 unspecified atom stereocenters. The SMILES string of the molecule is C[C@H](c1ccccc1)N(C)P(=O)(c1ccccc1)c1ccccc1C1=NC(C)(C)CO1. The number of hydrogen-bond acceptors (Lipinski definition) is 3. The zero-order chi connectivity index (χ0) is 22.1. The van der Waals surface area contributed by atoms with Gasteiger partial charge in [0, 0.05) is 22.2 Å². The minimum absolute atomic E-state index is 0.0526. The van der Waals surface area contributed by atoms with Crippen LogP contribution in [0.5, 0.6) is 0 Å². The lowest BCUT2D eigenvalue weighted by molar-refractivity contribution is 0.279. The minimum atomic E-state index is -3.20. The van der Waals surface area contributed by atoms with Crippen molar-refractivity contribution < 1.29 is 9.30 Å². The molecule has 0 amide bonds. The topological polar surface area (TPSA) is 41.9 Å². The lowest BCUT2D eigenvalue weighted by atomic mass is 10.1. The van der Waals surface area contributed by atoms with E-state index in [4.69, 9.17) is 9.73 Å². The van der Waals surface area contributed by atoms with Crippen molar-refractivity contribution in [2.24, 2.45) is 4.99 Å². The summed E-state index contributed by atoms with van der Waals surface area (Å²) in [6.45, 7) is 6.70. The van der Waals surface area contributed by atoms with Crippen molar-refractivity contribution in [3.8, 4) is 0 Å². The highest BCUT2D eigenvalue weighted by molar-refractivity contribution is 7.76. The molecule has 0 bridgehead atoms. The maximum absolute atomic E-state index is 15.1. The Kier molecular flexibility index (Phi) is 5.88. The Morgan fingerprint density at radius 2 is 1.52 bits per heavy atom. The molecule has 2 atom stereocenters. The van der Waals surface area contributed by atoms with Crippen LogP contribution in [0, 0.1) is 0 Å². The normalized spacial score (nSPS) is 18.2. The number of benzene rings is 3. The second kappa shape index (κ2) is 8.45. The number of rotatable bonds is 6. The fourth-order valence-electron chi connectivity index (χ4n) is 3.95. The van der Waals surface area contributed by atoms with Gasteiger partial charge in [-0.3, -0.25) is 4.57 Å². The molecule has 160 valence electrons. The lowest BCUT2D eigenvalue weighted by Crippen LogP contribution is -2.34. The maximum Gasteiger partial charge on any atom is 0.217 e. The van der Waals surface area contributed by atoms with Crippen LogP contribution in [-0.2, 0) is 9.30 Å². The molecule has 0 aromatic heterocycles. The molecule has 1 aliphatic heterocycles. The zero-order valence-corrected chi connectivity index (χ0v) is 19.4. The van der Waals surface area contributed by atoms with Crippen molar-refractivity contribution in [3.05, 3.63) is 96.1 Å². The van der Waals surface area contributed by atoms with Crippen LogP contribution in [0.4, 0.5) is 0 Å². The molecule has 0 N–H and O–H groups in total. The maximum atomic E-state index is 15.1. The predicted molar refractivity (Wildman–Crippen MR) is 129 cm³/mol. The van der Waals surface area contributed by atoms with Gasteiger partial charge in [-0.1, -0.05) is 60.7 Å². The number of hydrogen-bond donors (Lipinski definition) is 0. The van der Waals surface area contributed by atoms with Gasteiger partial charge < -0.3 is 4.74 Å². The summed E-state index contributed by atoms with van der Waals surface area (Å²) in [5, 5.41) is 1.55. The van der Waals surface area contributed by atoms with E-state index >= 15 is 4.57 Å². The third-order valence-electron chi connectivity index (χ3n) is 5.82. The number of nitrogens with zero attached hydrogens (tertiary/aromatic N) is 2. The van der Waals surface area contributed by atoms with Gasteiger partial charge in [-0.15, -0.1) is 0 Å². The summed E-state index contributed by atoms with van der Waals surface area (Å²) in [4.78, 5) is 4.78. The summed E-state index contributed by atoms with van der Waals surface area (Å²) >= 11 is 0. The first-order valence-corrected chi connectivity index (χ1v) is 12.3. The van der Waals surface area contributed by atoms with Crippen LogP contribution in [0.25, 0.3) is 0 Å². The van der Waals surface area contributed by atoms with Gasteiger partial charge >= 0.3 is 0 Å². The molecule has 0 spiro atoms. The summed E-state index contributed by atoms with van der Waals surface area (Å²) in [7, 11) is -1.25. The van der Waals surface area contributed by atoms with Gasteiger partial charge in [0.25, 0.3) is 0 Å². The Morgan fingerprint density at radius 3 is 2.13 bits per heavy atom. The van der Waals surface area contributed by atoms with Crippen LogP contribution in [-0.4, -0.2) is 29.8 Å². The Bertz CT molecular complexity index is 1130. The highest BCUT2D eigenvalue weighted by Crippen LogP contribution is 2.51. The average molecular weight is 433 g/mol. The molecule has 0 radical (unpaired) electrons. The molecule has 1 aliphatic rings. The minimum Gasteiger partial charge on any atom is -0.475 e. The number of aliphatic imine (C=N–C) groups is 1. The Balaban J connectivity index is 1.90. The summed E-state index contributed by atoms with van der Waals surface area (Å²) in [5.41, 5.74) is 1.63. The third kappa shape index (κ3) is 4.11. The van der Waals surface area contributed by atoms with Crippen molar-refractivity contribution in [1.29, 1.82) is 0 Å². The van der Waals surface area contributed by atoms with Gasteiger partial charge in [0.05, 0.1) is 5.54 Å². The van der Waals surface area contributed by atoms with Gasteiger partial charge in [0.2, 0.25) is 13.2 Å². The first kappa shape index (κ1) is 21.5. The first-order valence-electron chi connectivity index (χ1n) is 10.6. The molecule has 0 aliphatic carbocycles. The van der Waals surface area contributed by atoms with E-state index in [0.29, 0.717) is 12.5 Å². The van der Waals surface area contributed by atoms with Crippen molar-refractivity contribution >= 4 is 23.8 Å². The van der Waals surface area contributed by atoms with Crippen LogP contribution in [0.1, 0.15) is 37.9 Å². The van der Waals surface area contributed by atoms with E-state index in [1.54, 1.807) is 0 Å². The van der Waals surface area contributed by atoms with E-state index in [9.17, 15) is 0 Å². The quantitative estimate of drug-likeness (QED) is 0.505. The molecule has 0 saturated heterocycles. The summed E-state index contributed by atoms with van der Waals surface area (Å²) in [6.07, 6.45) is 0. The molecule has 3 aromatic rings. The largest absolute Gasteiger partial charge is 0.475 e. The van der Waals surface area contributed by atoms with Gasteiger partial charge in [0.15, 0.2) is 0 Å². The molecular weight excluding hydrogens is 403 g/mol. The van der Waals surface area contributed by atoms with Gasteiger partial charge in [-0.25, -0.2) is 9.66 Å². The number of ether oxygens (including phenoxy) is 1. The Labute approximate surface area is 185 Å². The molecule has 4 nitrogen and oxygen atoms in total. The molecule has 0 fully saturated rings. The van der Waals surface area contributed by atoms with Crippen LogP contribution in [0.15, 0.2) is 89.9 Å². The van der Waals surface area contributed by atoms with E-state index in [0.717, 1.165) is 21.7 Å². The van der Waals surface area contributed by atoms with E-state index < -0.39 is 7.29 Å². The molecule has 3 aromatic carbocycles. The van der Waals surface area contributed by atoms with Crippen molar-refractivity contribution in [2.75, 3.05) is 13.7 Å². The average Bonchev–Trinajstić information content (AvgIpc) is 3.18. The molecule has 31 heavy (non-hydrogen) atoms. The second-order valence-electron chi connectivity index (χ2n) is 8.61. The molecule has 4 rings (SSSR count). The predicted octanol–water partition coefficient (Wildman–Crippen LogP) is 5.16. The zero-order valence-electron chi connectivity index (χ0n) is 18.5. The van der Waals surface area contributed by atoms with E-state index in [-0.39, 0.29) is 11.6 Å². The monoisotopic (exact) mass is 432 g/mol. The Morgan fingerprint density at radius 1 is 0.935 bits per heavy atom. The van der Waals surface area contributed by atoms with E-state index in [1.807, 2.05) is 98.4 Å². The van der Waals surface area contributed by atoms with Crippen molar-refractivity contribution in [2.45, 2.75) is 32.4 Å². The van der Waals surface area contributed by atoms with E-state index in [1.165, 1.54) is 0 Å². The highest BCUT2D eigenvalue weighted by atomic mass is 31.2. The van der Waals surface area contributed by atoms with E-state index in [2.05, 4.69) is 19.1 Å². The van der Waals surface area contributed by atoms with Gasteiger partial charge in [-0.2, -0.15) is 0 Å². The van der Waals surface area contributed by atoms with Crippen molar-refractivity contribution in [1.82, 2.24) is 4.67 Å². The van der Waals surface area contributed by atoms with Crippen LogP contribution < -0.4 is 10.6 Å². The van der Waals surface area contributed by atoms with Gasteiger partial charge in [0.1, 0.15) is 6.61 Å². The van der Waals surface area contributed by atoms with Crippen LogP contribution in [0.3, 0.4) is 0 Å². The standard InChI is InChI=1S/C26H29N2O2P/c1-20(21-13-7-5-8-14-21)28(4)31(29,22-15-9-6-10-16-22)24-18-12-11-17-23(24)25-27-26(2,3)19-30-25/h5-18,20H,19H2,1-4H3/t20-,31?/m1/s1. The smallest absolute Gasteiger partial charge is 0.217 e. The van der Waals surface area contributed by atoms with Crippen molar-refractivity contribution in [3.63, 3.8) is 0 Å².